The van der Waals surface area contributed by atoms with Crippen molar-refractivity contribution in [3.63, 3.8) is 0 Å². The number of aromatic hydroxyl groups is 1. The third-order valence-corrected chi connectivity index (χ3v) is 27.6. The van der Waals surface area contributed by atoms with Crippen LogP contribution in [0.4, 0.5) is 0 Å². The molecule has 2 aromatic heterocycles. The summed E-state index contributed by atoms with van der Waals surface area (Å²) in [4.78, 5) is 25.2. The van der Waals surface area contributed by atoms with Gasteiger partial charge in [-0.25, -0.2) is 4.79 Å². The van der Waals surface area contributed by atoms with Crippen molar-refractivity contribution in [2.45, 2.75) is 227 Å². The molecule has 10 rings (SSSR count). The third kappa shape index (κ3) is 11.8. The van der Waals surface area contributed by atoms with E-state index in [1.54, 1.807) is 30.3 Å². The average Bonchev–Trinajstić information content (AvgIpc) is 3.80. The molecule has 6 saturated carbocycles. The van der Waals surface area contributed by atoms with Crippen LogP contribution >= 0.6 is 25.6 Å². The Balaban J connectivity index is 0.000000143. The Hall–Kier alpha value is -0.876. The van der Waals surface area contributed by atoms with E-state index in [2.05, 4.69) is 0 Å². The molecule has 0 aliphatic heterocycles. The van der Waals surface area contributed by atoms with E-state index in [0.717, 1.165) is 10.1 Å². The van der Waals surface area contributed by atoms with Crippen molar-refractivity contribution in [1.29, 1.82) is 0 Å². The van der Waals surface area contributed by atoms with Crippen LogP contribution in [0.2, 0.25) is 0 Å². The Morgan fingerprint density at radius 3 is 1.23 bits per heavy atom. The van der Waals surface area contributed by atoms with Gasteiger partial charge in [-0.1, -0.05) is 146 Å². The topological polar surface area (TPSA) is 102 Å². The van der Waals surface area contributed by atoms with Crippen LogP contribution < -0.4 is 5.63 Å². The van der Waals surface area contributed by atoms with Gasteiger partial charge in [-0.15, -0.1) is 11.3 Å². The van der Waals surface area contributed by atoms with Gasteiger partial charge in [-0.3, -0.25) is 4.79 Å². The van der Waals surface area contributed by atoms with Gasteiger partial charge in [-0.2, -0.15) is 0 Å². The number of fused-ring (bicyclic) bond motifs is 2. The summed E-state index contributed by atoms with van der Waals surface area (Å²) < 4.78 is 34.7. The first-order valence-electron chi connectivity index (χ1n) is 25.7. The molecular formula is C54H76EuO6P2S. The van der Waals surface area contributed by atoms with E-state index in [-0.39, 0.29) is 66.3 Å². The van der Waals surface area contributed by atoms with Gasteiger partial charge < -0.3 is 18.7 Å². The molecule has 6 fully saturated rings. The molecule has 0 atom stereocenters. The largest absolute Gasteiger partial charge is 0.506 e. The molecule has 64 heavy (non-hydrogen) atoms. The number of hydrogen-bond donors (Lipinski definition) is 1. The molecular weight excluding hydrogens is 991 g/mol. The van der Waals surface area contributed by atoms with Crippen LogP contribution in [0.1, 0.15) is 208 Å². The quantitative estimate of drug-likeness (QED) is 0.107. The van der Waals surface area contributed by atoms with Gasteiger partial charge in [0, 0.05) is 88.0 Å². The fourth-order valence-corrected chi connectivity index (χ4v) is 24.9. The summed E-state index contributed by atoms with van der Waals surface area (Å²) in [5, 5.41) is 11.6. The zero-order chi connectivity index (χ0) is 43.7. The maximum Gasteiger partial charge on any atom is 0.351 e. The van der Waals surface area contributed by atoms with Crippen molar-refractivity contribution >= 4 is 52.5 Å². The minimum Gasteiger partial charge on any atom is -0.506 e. The van der Waals surface area contributed by atoms with Crippen molar-refractivity contribution < 1.29 is 72.8 Å². The third-order valence-electron chi connectivity index (χ3n) is 16.5. The van der Waals surface area contributed by atoms with E-state index in [1.807, 2.05) is 24.3 Å². The minimum atomic E-state index is -1.95. The van der Waals surface area contributed by atoms with E-state index < -0.39 is 25.7 Å². The SMILES string of the molecule is O=C(c1cc2ccccc2s1)c1c(O)c2ccccc2oc1=O.O=P(C1CCCCC1)(C1CCCCC1)C1CCCCC1.O=P(C1CCCCC1)(C1CCCCC1)C1CCCCC1.[Eu]. The molecule has 351 valence electrons. The Bertz CT molecular complexity index is 2040. The van der Waals surface area contributed by atoms with E-state index in [1.165, 1.54) is 204 Å². The number of para-hydroxylation sites is 1. The Labute approximate surface area is 429 Å². The van der Waals surface area contributed by atoms with Gasteiger partial charge in [-0.05, 0) is 107 Å². The van der Waals surface area contributed by atoms with Crippen LogP contribution in [0.15, 0.2) is 63.8 Å². The van der Waals surface area contributed by atoms with Crippen molar-refractivity contribution in [3.8, 4) is 5.75 Å². The number of benzene rings is 2. The first kappa shape index (κ1) is 51.0. The second-order valence-corrected chi connectivity index (χ2v) is 28.9. The van der Waals surface area contributed by atoms with Crippen LogP contribution in [0.3, 0.4) is 0 Å². The van der Waals surface area contributed by atoms with Crippen molar-refractivity contribution in [1.82, 2.24) is 0 Å². The number of rotatable bonds is 8. The molecule has 6 aliphatic rings. The number of carbonyl (C=O) groups is 1. The maximum atomic E-state index is 14.3. The summed E-state index contributed by atoms with van der Waals surface area (Å²) in [7, 11) is -3.89. The second kappa shape index (κ2) is 24.6. The predicted octanol–water partition coefficient (Wildman–Crippen LogP) is 16.6. The molecule has 6 aliphatic carbocycles. The van der Waals surface area contributed by atoms with Crippen LogP contribution in [-0.4, -0.2) is 44.8 Å². The molecule has 2 aromatic carbocycles. The fraction of sp³-hybridized carbons (Fsp3) is 0.667. The molecule has 4 aromatic rings. The van der Waals surface area contributed by atoms with Gasteiger partial charge in [0.25, 0.3) is 0 Å². The summed E-state index contributed by atoms with van der Waals surface area (Å²) in [6.07, 6.45) is 40.2. The van der Waals surface area contributed by atoms with Gasteiger partial charge in [0.15, 0.2) is 5.56 Å². The molecule has 10 heteroatoms. The predicted molar refractivity (Wildman–Crippen MR) is 266 cm³/mol. The molecule has 0 unspecified atom stereocenters. The standard InChI is InChI=1S/C18H10O4S.2C18H33OP.Eu/c19-16-11-6-2-3-7-12(11)22-18(21)15(16)17(20)14-9-10-5-1-4-8-13(10)23-14;2*19-20(16-10-4-1-5-11-16,17-12-6-2-7-13-17)18-14-8-3-9-15-18;/h1-9,19H;2*16-18H,1-15H2;. The first-order chi connectivity index (χ1) is 30.8. The second-order valence-electron chi connectivity index (χ2n) is 20.4. The molecule has 0 saturated heterocycles. The molecule has 1 N–H and O–H groups in total. The monoisotopic (exact) mass is 1070 g/mol. The summed E-state index contributed by atoms with van der Waals surface area (Å²) in [6.45, 7) is 0. The molecule has 6 nitrogen and oxygen atoms in total. The smallest absolute Gasteiger partial charge is 0.351 e. The number of carbonyl (C=O) groups excluding carboxylic acids is 1. The van der Waals surface area contributed by atoms with Gasteiger partial charge >= 0.3 is 5.63 Å². The average molecular weight is 1070 g/mol. The number of ketones is 1. The molecule has 0 spiro atoms. The summed E-state index contributed by atoms with van der Waals surface area (Å²) in [6, 6.07) is 15.9. The molecule has 2 heterocycles. The minimum absolute atomic E-state index is 0. The van der Waals surface area contributed by atoms with Crippen LogP contribution in [0.25, 0.3) is 21.1 Å². The summed E-state index contributed by atoms with van der Waals surface area (Å²) in [5.41, 5.74) is 2.86. The Morgan fingerprint density at radius 2 is 0.859 bits per heavy atom. The van der Waals surface area contributed by atoms with Crippen molar-refractivity contribution in [2.75, 3.05) is 0 Å². The number of thiophene rings is 1. The van der Waals surface area contributed by atoms with Gasteiger partial charge in [0.05, 0.1) is 24.5 Å². The molecule has 0 bridgehead atoms. The number of hydrogen-bond acceptors (Lipinski definition) is 7. The van der Waals surface area contributed by atoms with Crippen molar-refractivity contribution in [3.05, 3.63) is 75.5 Å². The zero-order valence-electron chi connectivity index (χ0n) is 38.5. The Morgan fingerprint density at radius 1 is 0.516 bits per heavy atom. The molecule has 1 radical (unpaired) electrons. The van der Waals surface area contributed by atoms with E-state index in [9.17, 15) is 23.8 Å². The van der Waals surface area contributed by atoms with E-state index in [4.69, 9.17) is 4.42 Å². The first-order valence-corrected chi connectivity index (χ1v) is 30.4. The normalized spacial score (nSPS) is 21.9. The van der Waals surface area contributed by atoms with E-state index >= 15 is 0 Å². The zero-order valence-corrected chi connectivity index (χ0v) is 43.6. The maximum absolute atomic E-state index is 14.3. The van der Waals surface area contributed by atoms with E-state index in [0.29, 0.717) is 44.2 Å². The fourth-order valence-electron chi connectivity index (χ4n) is 13.2. The van der Waals surface area contributed by atoms with Gasteiger partial charge in [0.1, 0.15) is 11.3 Å². The van der Waals surface area contributed by atoms with Crippen LogP contribution in [-0.2, 0) is 9.13 Å². The van der Waals surface area contributed by atoms with Crippen LogP contribution in [0, 0.1) is 49.4 Å². The van der Waals surface area contributed by atoms with Crippen LogP contribution in [0.5, 0.6) is 5.75 Å². The summed E-state index contributed by atoms with van der Waals surface area (Å²) >= 11 is 1.28. The summed E-state index contributed by atoms with van der Waals surface area (Å²) in [5.74, 6) is -0.859. The van der Waals surface area contributed by atoms with Crippen molar-refractivity contribution in [2.24, 2.45) is 0 Å². The Kier molecular flexibility index (Phi) is 19.6. The molecule has 0 amide bonds. The van der Waals surface area contributed by atoms with Gasteiger partial charge in [0.2, 0.25) is 5.78 Å².